The van der Waals surface area contributed by atoms with Gasteiger partial charge in [-0.1, -0.05) is 47.3 Å². The van der Waals surface area contributed by atoms with Gasteiger partial charge in [0.2, 0.25) is 5.75 Å². The van der Waals surface area contributed by atoms with Crippen LogP contribution in [0.1, 0.15) is 16.1 Å². The number of anilines is 1. The highest BCUT2D eigenvalue weighted by Gasteiger charge is 2.24. The molecule has 168 valence electrons. The first-order valence-corrected chi connectivity index (χ1v) is 11.2. The van der Waals surface area contributed by atoms with Crippen molar-refractivity contribution in [3.05, 3.63) is 73.9 Å². The molecule has 1 amide bonds. The van der Waals surface area contributed by atoms with Crippen LogP contribution in [0.2, 0.25) is 10.0 Å². The highest BCUT2D eigenvalue weighted by Crippen LogP contribution is 2.34. The predicted molar refractivity (Wildman–Crippen MR) is 126 cm³/mol. The summed E-state index contributed by atoms with van der Waals surface area (Å²) >= 11 is 13.2. The summed E-state index contributed by atoms with van der Waals surface area (Å²) in [5.41, 5.74) is -0.260. The average molecular weight is 497 g/mol. The molecular weight excluding hydrogens is 478 g/mol. The van der Waals surface area contributed by atoms with Crippen molar-refractivity contribution in [3.63, 3.8) is 0 Å². The van der Waals surface area contributed by atoms with E-state index in [1.165, 1.54) is 31.1 Å². The Kier molecular flexibility index (Phi) is 7.33. The first-order valence-electron chi connectivity index (χ1n) is 9.24. The van der Waals surface area contributed by atoms with Gasteiger partial charge in [0, 0.05) is 26.9 Å². The van der Waals surface area contributed by atoms with Crippen LogP contribution in [0.15, 0.2) is 41.2 Å². The van der Waals surface area contributed by atoms with Crippen molar-refractivity contribution in [2.24, 2.45) is 7.05 Å². The van der Waals surface area contributed by atoms with Crippen molar-refractivity contribution >= 4 is 46.7 Å². The van der Waals surface area contributed by atoms with Crippen LogP contribution in [0, 0.1) is 5.82 Å². The summed E-state index contributed by atoms with van der Waals surface area (Å²) in [5.74, 6) is -2.36. The zero-order chi connectivity index (χ0) is 23.6. The Morgan fingerprint density at radius 2 is 2.00 bits per heavy atom. The molecule has 0 saturated carbocycles. The number of halogens is 3. The van der Waals surface area contributed by atoms with Crippen molar-refractivity contribution in [2.45, 2.75) is 6.54 Å². The number of aromatic nitrogens is 2. The molecule has 1 aromatic heterocycles. The van der Waals surface area contributed by atoms with Gasteiger partial charge in [0.05, 0.1) is 21.3 Å². The molecule has 7 nitrogen and oxygen atoms in total. The summed E-state index contributed by atoms with van der Waals surface area (Å²) in [6.45, 7) is 0.0432. The van der Waals surface area contributed by atoms with Crippen molar-refractivity contribution in [3.8, 4) is 17.1 Å². The van der Waals surface area contributed by atoms with Crippen molar-refractivity contribution in [1.29, 1.82) is 0 Å². The van der Waals surface area contributed by atoms with Gasteiger partial charge < -0.3 is 14.7 Å². The second-order valence-corrected chi connectivity index (χ2v) is 8.47. The van der Waals surface area contributed by atoms with Crippen LogP contribution in [0.25, 0.3) is 11.4 Å². The van der Waals surface area contributed by atoms with Gasteiger partial charge >= 0.3 is 0 Å². The van der Waals surface area contributed by atoms with Gasteiger partial charge in [-0.3, -0.25) is 14.2 Å². The Bertz CT molecular complexity index is 1250. The molecule has 0 unspecified atom stereocenters. The monoisotopic (exact) mass is 496 g/mol. The second kappa shape index (κ2) is 9.81. The topological polar surface area (TPSA) is 87.5 Å². The maximum atomic E-state index is 14.8. The van der Waals surface area contributed by atoms with E-state index in [1.54, 1.807) is 41.9 Å². The van der Waals surface area contributed by atoms with E-state index < -0.39 is 28.7 Å². The van der Waals surface area contributed by atoms with Gasteiger partial charge in [-0.2, -0.15) is 0 Å². The minimum atomic E-state index is -0.879. The number of carbonyl (C=O) groups excluding carboxylic acids is 1. The SMILES string of the molecule is CSN(C)c1cccc(F)c1-c1nc(C(=O)NCc2ccc(Cl)c(Cl)c2)c(O)c(=O)n1C. The smallest absolute Gasteiger partial charge is 0.296 e. The van der Waals surface area contributed by atoms with Gasteiger partial charge in [-0.15, -0.1) is 0 Å². The lowest BCUT2D eigenvalue weighted by molar-refractivity contribution is 0.0942. The largest absolute Gasteiger partial charge is 0.501 e. The summed E-state index contributed by atoms with van der Waals surface area (Å²) in [6.07, 6.45) is 1.81. The fourth-order valence-corrected chi connectivity index (χ4v) is 3.65. The number of nitrogens with zero attached hydrogens (tertiary/aromatic N) is 3. The molecular formula is C21H19Cl2FN4O3S. The molecule has 0 spiro atoms. The van der Waals surface area contributed by atoms with Crippen LogP contribution in [0.5, 0.6) is 5.75 Å². The zero-order valence-electron chi connectivity index (χ0n) is 17.3. The molecule has 0 atom stereocenters. The molecule has 0 fully saturated rings. The summed E-state index contributed by atoms with van der Waals surface area (Å²) in [5, 5.41) is 13.5. The molecule has 0 aliphatic rings. The number of nitrogens with one attached hydrogen (secondary N) is 1. The van der Waals surface area contributed by atoms with Crippen molar-refractivity contribution in [2.75, 3.05) is 17.6 Å². The Balaban J connectivity index is 2.04. The number of hydrogen-bond acceptors (Lipinski definition) is 6. The Morgan fingerprint density at radius 3 is 2.66 bits per heavy atom. The van der Waals surface area contributed by atoms with Crippen LogP contribution in [-0.2, 0) is 13.6 Å². The first kappa shape index (κ1) is 23.9. The Morgan fingerprint density at radius 1 is 1.28 bits per heavy atom. The van der Waals surface area contributed by atoms with Crippen LogP contribution in [0.4, 0.5) is 10.1 Å². The van der Waals surface area contributed by atoms with Gasteiger partial charge in [0.1, 0.15) is 11.6 Å². The van der Waals surface area contributed by atoms with Crippen LogP contribution in [0.3, 0.4) is 0 Å². The first-order chi connectivity index (χ1) is 15.1. The highest BCUT2D eigenvalue weighted by atomic mass is 35.5. The number of amides is 1. The van der Waals surface area contributed by atoms with Crippen LogP contribution in [-0.4, -0.2) is 33.9 Å². The molecule has 0 saturated heterocycles. The van der Waals surface area contributed by atoms with E-state index in [9.17, 15) is 19.1 Å². The average Bonchev–Trinajstić information content (AvgIpc) is 2.78. The quantitative estimate of drug-likeness (QED) is 0.496. The zero-order valence-corrected chi connectivity index (χ0v) is 19.6. The minimum Gasteiger partial charge on any atom is -0.501 e. The summed E-state index contributed by atoms with van der Waals surface area (Å²) in [4.78, 5) is 29.5. The van der Waals surface area contributed by atoms with E-state index >= 15 is 0 Å². The van der Waals surface area contributed by atoms with Gasteiger partial charge in [0.15, 0.2) is 5.69 Å². The van der Waals surface area contributed by atoms with Gasteiger partial charge in [-0.25, -0.2) is 9.37 Å². The highest BCUT2D eigenvalue weighted by molar-refractivity contribution is 7.99. The number of benzene rings is 2. The summed E-state index contributed by atoms with van der Waals surface area (Å²) in [7, 11) is 3.07. The third-order valence-electron chi connectivity index (χ3n) is 4.75. The molecule has 3 aromatic rings. The molecule has 0 bridgehead atoms. The molecule has 0 aliphatic heterocycles. The van der Waals surface area contributed by atoms with E-state index in [-0.39, 0.29) is 17.9 Å². The fraction of sp³-hybridized carbons (Fsp3) is 0.190. The lowest BCUT2D eigenvalue weighted by atomic mass is 10.1. The van der Waals surface area contributed by atoms with Gasteiger partial charge in [-0.05, 0) is 29.8 Å². The van der Waals surface area contributed by atoms with E-state index in [2.05, 4.69) is 10.3 Å². The van der Waals surface area contributed by atoms with Gasteiger partial charge in [0.25, 0.3) is 11.5 Å². The standard InChI is InChI=1S/C21H19Cl2FN4O3S/c1-27-19(16-14(24)5-4-6-15(16)28(2)32-3)26-17(18(29)21(27)31)20(30)25-10-11-7-8-12(22)13(23)9-11/h4-9,29H,10H2,1-3H3,(H,25,30). The van der Waals surface area contributed by atoms with Crippen molar-refractivity contribution < 1.29 is 14.3 Å². The van der Waals surface area contributed by atoms with Crippen LogP contribution < -0.4 is 15.2 Å². The normalized spacial score (nSPS) is 10.8. The van der Waals surface area contributed by atoms with Crippen molar-refractivity contribution in [1.82, 2.24) is 14.9 Å². The predicted octanol–water partition coefficient (Wildman–Crippen LogP) is 4.24. The second-order valence-electron chi connectivity index (χ2n) is 6.74. The lowest BCUT2D eigenvalue weighted by Crippen LogP contribution is -2.29. The lowest BCUT2D eigenvalue weighted by Gasteiger charge is -2.21. The fourth-order valence-electron chi connectivity index (χ4n) is 2.98. The molecule has 1 heterocycles. The van der Waals surface area contributed by atoms with E-state index in [0.717, 1.165) is 4.57 Å². The number of aromatic hydroxyl groups is 1. The third kappa shape index (κ3) is 4.69. The van der Waals surface area contributed by atoms with E-state index in [1.807, 2.05) is 0 Å². The number of carbonyl (C=O) groups is 1. The van der Waals surface area contributed by atoms with E-state index in [4.69, 9.17) is 23.2 Å². The molecule has 11 heteroatoms. The number of rotatable bonds is 6. The molecule has 32 heavy (non-hydrogen) atoms. The molecule has 2 N–H and O–H groups in total. The number of hydrogen-bond donors (Lipinski definition) is 2. The summed E-state index contributed by atoms with van der Waals surface area (Å²) in [6, 6.07) is 9.26. The van der Waals surface area contributed by atoms with Crippen LogP contribution >= 0.6 is 35.1 Å². The molecule has 0 radical (unpaired) electrons. The maximum absolute atomic E-state index is 14.8. The Labute approximate surface area is 197 Å². The summed E-state index contributed by atoms with van der Waals surface area (Å²) < 4.78 is 17.5. The third-order valence-corrected chi connectivity index (χ3v) is 6.23. The van der Waals surface area contributed by atoms with E-state index in [0.29, 0.717) is 21.3 Å². The Hall–Kier alpha value is -2.75. The molecule has 3 rings (SSSR count). The minimum absolute atomic E-state index is 0.0301. The molecule has 0 aliphatic carbocycles. The molecule has 2 aromatic carbocycles. The maximum Gasteiger partial charge on any atom is 0.296 e.